The summed E-state index contributed by atoms with van der Waals surface area (Å²) in [7, 11) is 0. The number of aryl methyl sites for hydroxylation is 1. The molecule has 0 radical (unpaired) electrons. The number of carbonyl (C=O) groups is 3. The average molecular weight is 447 g/mol. The molecular weight excluding hydrogens is 416 g/mol. The Kier molecular flexibility index (Phi) is 6.49. The van der Waals surface area contributed by atoms with E-state index >= 15 is 0 Å². The van der Waals surface area contributed by atoms with Crippen LogP contribution in [-0.4, -0.2) is 46.7 Å². The molecule has 0 saturated carbocycles. The number of nitrogens with one attached hydrogen (secondary N) is 3. The van der Waals surface area contributed by atoms with Crippen molar-refractivity contribution in [2.45, 2.75) is 39.7 Å². The Bertz CT molecular complexity index is 1180. The van der Waals surface area contributed by atoms with Crippen LogP contribution in [0.25, 0.3) is 10.9 Å². The fraction of sp³-hybridized carbons (Fsp3) is 0.346. The molecule has 0 spiro atoms. The zero-order valence-electron chi connectivity index (χ0n) is 19.3. The Hall–Kier alpha value is -3.61. The Morgan fingerprint density at radius 1 is 1.15 bits per heavy atom. The number of fused-ring (bicyclic) bond motifs is 1. The van der Waals surface area contributed by atoms with E-state index in [0.29, 0.717) is 24.3 Å². The molecule has 3 amide bonds. The third kappa shape index (κ3) is 5.08. The summed E-state index contributed by atoms with van der Waals surface area (Å²) in [5.74, 6) is -0.661. The molecule has 0 aliphatic carbocycles. The molecule has 1 aliphatic rings. The molecule has 1 atom stereocenters. The van der Waals surface area contributed by atoms with Crippen LogP contribution in [0, 0.1) is 12.8 Å². The highest BCUT2D eigenvalue weighted by Gasteiger charge is 2.35. The van der Waals surface area contributed by atoms with Crippen molar-refractivity contribution in [1.29, 1.82) is 0 Å². The first-order chi connectivity index (χ1) is 15.8. The number of hydrogen-bond donors (Lipinski definition) is 3. The SMILES string of the molecule is Cc1ccc2[nH]cc(CCNC(=O)c3ccc(NC(=O)C4CC(=O)N(C(C)C)C4)cc3)c2c1. The van der Waals surface area contributed by atoms with Crippen LogP contribution in [0.5, 0.6) is 0 Å². The van der Waals surface area contributed by atoms with Gasteiger partial charge in [-0.15, -0.1) is 0 Å². The van der Waals surface area contributed by atoms with Gasteiger partial charge in [0.1, 0.15) is 0 Å². The van der Waals surface area contributed by atoms with Crippen LogP contribution in [0.2, 0.25) is 0 Å². The Morgan fingerprint density at radius 2 is 1.91 bits per heavy atom. The molecule has 2 heterocycles. The lowest BCUT2D eigenvalue weighted by atomic mass is 10.1. The van der Waals surface area contributed by atoms with Gasteiger partial charge in [0.05, 0.1) is 5.92 Å². The summed E-state index contributed by atoms with van der Waals surface area (Å²) in [6.45, 7) is 6.93. The van der Waals surface area contributed by atoms with E-state index in [1.807, 2.05) is 20.0 Å². The largest absolute Gasteiger partial charge is 0.361 e. The number of carbonyl (C=O) groups excluding carboxylic acids is 3. The smallest absolute Gasteiger partial charge is 0.251 e. The summed E-state index contributed by atoms with van der Waals surface area (Å²) in [6.07, 6.45) is 2.96. The van der Waals surface area contributed by atoms with E-state index in [9.17, 15) is 14.4 Å². The van der Waals surface area contributed by atoms with Crippen molar-refractivity contribution in [1.82, 2.24) is 15.2 Å². The molecule has 7 heteroatoms. The van der Waals surface area contributed by atoms with E-state index in [-0.39, 0.29) is 36.1 Å². The first-order valence-electron chi connectivity index (χ1n) is 11.4. The highest BCUT2D eigenvalue weighted by atomic mass is 16.2. The quantitative estimate of drug-likeness (QED) is 0.517. The second-order valence-corrected chi connectivity index (χ2v) is 8.98. The molecular formula is C26H30N4O3. The van der Waals surface area contributed by atoms with Crippen LogP contribution in [0.4, 0.5) is 5.69 Å². The van der Waals surface area contributed by atoms with Gasteiger partial charge in [0.15, 0.2) is 0 Å². The van der Waals surface area contributed by atoms with E-state index in [0.717, 1.165) is 11.9 Å². The van der Waals surface area contributed by atoms with Gasteiger partial charge >= 0.3 is 0 Å². The Balaban J connectivity index is 1.28. The average Bonchev–Trinajstić information content (AvgIpc) is 3.37. The first-order valence-corrected chi connectivity index (χ1v) is 11.4. The highest BCUT2D eigenvalue weighted by molar-refractivity contribution is 5.98. The number of benzene rings is 2. The van der Waals surface area contributed by atoms with Gasteiger partial charge in [0, 0.05) is 53.9 Å². The van der Waals surface area contributed by atoms with Crippen molar-refractivity contribution in [2.75, 3.05) is 18.4 Å². The molecule has 0 bridgehead atoms. The summed E-state index contributed by atoms with van der Waals surface area (Å²) in [5.41, 5.74) is 4.62. The van der Waals surface area contributed by atoms with Gasteiger partial charge in [-0.2, -0.15) is 0 Å². The van der Waals surface area contributed by atoms with Crippen LogP contribution in [-0.2, 0) is 16.0 Å². The molecule has 7 nitrogen and oxygen atoms in total. The van der Waals surface area contributed by atoms with Crippen LogP contribution >= 0.6 is 0 Å². The molecule has 1 unspecified atom stereocenters. The van der Waals surface area contributed by atoms with E-state index < -0.39 is 0 Å². The maximum atomic E-state index is 12.5. The van der Waals surface area contributed by atoms with Gasteiger partial charge in [-0.1, -0.05) is 11.6 Å². The number of hydrogen-bond acceptors (Lipinski definition) is 3. The van der Waals surface area contributed by atoms with E-state index in [1.54, 1.807) is 29.2 Å². The number of H-pyrrole nitrogens is 1. The van der Waals surface area contributed by atoms with Gasteiger partial charge < -0.3 is 20.5 Å². The third-order valence-corrected chi connectivity index (χ3v) is 6.17. The van der Waals surface area contributed by atoms with E-state index in [4.69, 9.17) is 0 Å². The maximum absolute atomic E-state index is 12.5. The summed E-state index contributed by atoms with van der Waals surface area (Å²) in [4.78, 5) is 42.1. The molecule has 1 saturated heterocycles. The first kappa shape index (κ1) is 22.6. The number of rotatable bonds is 7. The Labute approximate surface area is 193 Å². The predicted molar refractivity (Wildman–Crippen MR) is 129 cm³/mol. The molecule has 1 aliphatic heterocycles. The van der Waals surface area contributed by atoms with Gasteiger partial charge in [-0.3, -0.25) is 14.4 Å². The van der Waals surface area contributed by atoms with Gasteiger partial charge in [0.25, 0.3) is 5.91 Å². The van der Waals surface area contributed by atoms with E-state index in [2.05, 4.69) is 40.7 Å². The highest BCUT2D eigenvalue weighted by Crippen LogP contribution is 2.22. The van der Waals surface area contributed by atoms with Crippen LogP contribution < -0.4 is 10.6 Å². The molecule has 3 N–H and O–H groups in total. The number of aromatic nitrogens is 1. The second kappa shape index (κ2) is 9.48. The topological polar surface area (TPSA) is 94.3 Å². The summed E-state index contributed by atoms with van der Waals surface area (Å²) in [6, 6.07) is 13.2. The zero-order chi connectivity index (χ0) is 23.5. The van der Waals surface area contributed by atoms with E-state index in [1.165, 1.54) is 16.5 Å². The molecule has 172 valence electrons. The normalized spacial score (nSPS) is 15.9. The molecule has 2 aromatic carbocycles. The van der Waals surface area contributed by atoms with Crippen molar-refractivity contribution in [3.8, 4) is 0 Å². The van der Waals surface area contributed by atoms with Crippen molar-refractivity contribution in [3.63, 3.8) is 0 Å². The summed E-state index contributed by atoms with van der Waals surface area (Å²) in [5, 5.41) is 7.00. The molecule has 33 heavy (non-hydrogen) atoms. The lowest BCUT2D eigenvalue weighted by molar-refractivity contribution is -0.129. The monoisotopic (exact) mass is 446 g/mol. The van der Waals surface area contributed by atoms with Crippen molar-refractivity contribution < 1.29 is 14.4 Å². The van der Waals surface area contributed by atoms with Crippen molar-refractivity contribution in [3.05, 3.63) is 65.4 Å². The van der Waals surface area contributed by atoms with Gasteiger partial charge in [-0.05, 0) is 69.2 Å². The minimum atomic E-state index is -0.351. The van der Waals surface area contributed by atoms with Crippen LogP contribution in [0.3, 0.4) is 0 Å². The fourth-order valence-corrected chi connectivity index (χ4v) is 4.27. The lowest BCUT2D eigenvalue weighted by Crippen LogP contribution is -2.33. The minimum Gasteiger partial charge on any atom is -0.361 e. The van der Waals surface area contributed by atoms with Crippen LogP contribution in [0.15, 0.2) is 48.7 Å². The summed E-state index contributed by atoms with van der Waals surface area (Å²) < 4.78 is 0. The summed E-state index contributed by atoms with van der Waals surface area (Å²) >= 11 is 0. The fourth-order valence-electron chi connectivity index (χ4n) is 4.27. The predicted octanol–water partition coefficient (Wildman–Crippen LogP) is 3.64. The number of amides is 3. The third-order valence-electron chi connectivity index (χ3n) is 6.17. The standard InChI is InChI=1S/C26H30N4O3/c1-16(2)30-15-20(13-24(30)31)26(33)29-21-7-5-18(6-8-21)25(32)27-11-10-19-14-28-23-9-4-17(3)12-22(19)23/h4-9,12,14,16,20,28H,10-11,13,15H2,1-3H3,(H,27,32)(H,29,33). The molecule has 3 aromatic rings. The number of likely N-dealkylation sites (tertiary alicyclic amines) is 1. The molecule has 4 rings (SSSR count). The second-order valence-electron chi connectivity index (χ2n) is 8.98. The zero-order valence-corrected chi connectivity index (χ0v) is 19.3. The maximum Gasteiger partial charge on any atom is 0.251 e. The van der Waals surface area contributed by atoms with Gasteiger partial charge in [0.2, 0.25) is 11.8 Å². The van der Waals surface area contributed by atoms with Gasteiger partial charge in [-0.25, -0.2) is 0 Å². The Morgan fingerprint density at radius 3 is 2.61 bits per heavy atom. The molecule has 1 aromatic heterocycles. The lowest BCUT2D eigenvalue weighted by Gasteiger charge is -2.20. The minimum absolute atomic E-state index is 0.0138. The number of anilines is 1. The van der Waals surface area contributed by atoms with Crippen molar-refractivity contribution >= 4 is 34.3 Å². The van der Waals surface area contributed by atoms with Crippen LogP contribution in [0.1, 0.15) is 41.8 Å². The van der Waals surface area contributed by atoms with Crippen molar-refractivity contribution in [2.24, 2.45) is 5.92 Å². The number of nitrogens with zero attached hydrogens (tertiary/aromatic N) is 1. The number of aromatic amines is 1. The molecule has 1 fully saturated rings.